The van der Waals surface area contributed by atoms with Crippen LogP contribution in [0.4, 0.5) is 11.4 Å². The Labute approximate surface area is 102 Å². The smallest absolute Gasteiger partial charge is 0.101 e. The molecule has 0 saturated carbocycles. The molecule has 0 aliphatic carbocycles. The van der Waals surface area contributed by atoms with Gasteiger partial charge in [0.2, 0.25) is 0 Å². The highest BCUT2D eigenvalue weighted by Crippen LogP contribution is 2.21. The summed E-state index contributed by atoms with van der Waals surface area (Å²) < 4.78 is 0.986. The minimum atomic E-state index is 0.579. The Morgan fingerprint density at radius 3 is 2.94 bits per heavy atom. The molecule has 0 fully saturated rings. The first kappa shape index (κ1) is 10.7. The third-order valence-electron chi connectivity index (χ3n) is 2.05. The molecule has 1 N–H and O–H groups in total. The summed E-state index contributed by atoms with van der Waals surface area (Å²) in [5, 5.41) is 12.1. The number of anilines is 2. The van der Waals surface area contributed by atoms with Crippen molar-refractivity contribution in [2.24, 2.45) is 0 Å². The maximum atomic E-state index is 8.92. The van der Waals surface area contributed by atoms with Crippen LogP contribution < -0.4 is 5.32 Å². The summed E-state index contributed by atoms with van der Waals surface area (Å²) in [5.74, 6) is 0. The lowest BCUT2D eigenvalue weighted by Crippen LogP contribution is -1.94. The van der Waals surface area contributed by atoms with Gasteiger partial charge in [-0.1, -0.05) is 22.0 Å². The van der Waals surface area contributed by atoms with Crippen molar-refractivity contribution in [2.75, 3.05) is 5.32 Å². The van der Waals surface area contributed by atoms with Gasteiger partial charge in [-0.15, -0.1) is 0 Å². The van der Waals surface area contributed by atoms with Crippen LogP contribution in [0, 0.1) is 11.3 Å². The summed E-state index contributed by atoms with van der Waals surface area (Å²) in [5.41, 5.74) is 2.21. The fraction of sp³-hybridized carbons (Fsp3) is 0. The molecular formula is C12H8BrN3. The lowest BCUT2D eigenvalue weighted by Gasteiger charge is -2.07. The number of pyridine rings is 1. The molecule has 2 aromatic rings. The Balaban J connectivity index is 2.31. The molecular weight excluding hydrogens is 266 g/mol. The Kier molecular flexibility index (Phi) is 3.18. The van der Waals surface area contributed by atoms with Gasteiger partial charge in [0.25, 0.3) is 0 Å². The second-order valence-electron chi connectivity index (χ2n) is 3.17. The van der Waals surface area contributed by atoms with Gasteiger partial charge in [0.15, 0.2) is 0 Å². The molecule has 0 aliphatic heterocycles. The van der Waals surface area contributed by atoms with Gasteiger partial charge in [-0.2, -0.15) is 5.26 Å². The largest absolute Gasteiger partial charge is 0.353 e. The third-order valence-corrected chi connectivity index (χ3v) is 2.54. The molecule has 1 aromatic heterocycles. The van der Waals surface area contributed by atoms with E-state index in [2.05, 4.69) is 32.3 Å². The number of hydrogen-bond acceptors (Lipinski definition) is 3. The van der Waals surface area contributed by atoms with E-state index in [0.717, 1.165) is 10.2 Å². The van der Waals surface area contributed by atoms with E-state index in [0.29, 0.717) is 11.3 Å². The van der Waals surface area contributed by atoms with Gasteiger partial charge in [-0.3, -0.25) is 4.98 Å². The standard InChI is InChI=1S/C12H8BrN3/c13-10-2-1-3-11(6-10)16-12-8-15-5-4-9(12)7-14/h1-6,8,16H. The monoisotopic (exact) mass is 273 g/mol. The van der Waals surface area contributed by atoms with E-state index in [4.69, 9.17) is 5.26 Å². The van der Waals surface area contributed by atoms with Crippen molar-refractivity contribution in [2.45, 2.75) is 0 Å². The van der Waals surface area contributed by atoms with Gasteiger partial charge in [-0.25, -0.2) is 0 Å². The Morgan fingerprint density at radius 2 is 2.19 bits per heavy atom. The normalized spacial score (nSPS) is 9.50. The second-order valence-corrected chi connectivity index (χ2v) is 4.08. The van der Waals surface area contributed by atoms with Crippen molar-refractivity contribution in [1.29, 1.82) is 5.26 Å². The van der Waals surface area contributed by atoms with Crippen molar-refractivity contribution in [1.82, 2.24) is 4.98 Å². The van der Waals surface area contributed by atoms with Crippen LogP contribution in [-0.2, 0) is 0 Å². The molecule has 4 heteroatoms. The van der Waals surface area contributed by atoms with E-state index in [9.17, 15) is 0 Å². The number of aromatic nitrogens is 1. The van der Waals surface area contributed by atoms with E-state index in [1.165, 1.54) is 0 Å². The fourth-order valence-electron chi connectivity index (χ4n) is 1.31. The summed E-state index contributed by atoms with van der Waals surface area (Å²) in [6, 6.07) is 11.5. The van der Waals surface area contributed by atoms with Crippen molar-refractivity contribution >= 4 is 27.3 Å². The van der Waals surface area contributed by atoms with Crippen molar-refractivity contribution in [3.63, 3.8) is 0 Å². The number of nitrogens with one attached hydrogen (secondary N) is 1. The number of hydrogen-bond donors (Lipinski definition) is 1. The number of halogens is 1. The predicted octanol–water partition coefficient (Wildman–Crippen LogP) is 3.46. The van der Waals surface area contributed by atoms with Crippen LogP contribution in [-0.4, -0.2) is 4.98 Å². The highest BCUT2D eigenvalue weighted by molar-refractivity contribution is 9.10. The molecule has 0 atom stereocenters. The molecule has 1 aromatic carbocycles. The van der Waals surface area contributed by atoms with E-state index < -0.39 is 0 Å². The summed E-state index contributed by atoms with van der Waals surface area (Å²) in [6.45, 7) is 0. The van der Waals surface area contributed by atoms with Crippen molar-refractivity contribution < 1.29 is 0 Å². The average molecular weight is 274 g/mol. The molecule has 16 heavy (non-hydrogen) atoms. The van der Waals surface area contributed by atoms with Crippen LogP contribution >= 0.6 is 15.9 Å². The molecule has 0 amide bonds. The van der Waals surface area contributed by atoms with Gasteiger partial charge in [0.05, 0.1) is 17.4 Å². The lowest BCUT2D eigenvalue weighted by molar-refractivity contribution is 1.30. The third kappa shape index (κ3) is 2.38. The molecule has 0 spiro atoms. The first-order valence-electron chi connectivity index (χ1n) is 4.66. The zero-order valence-corrected chi connectivity index (χ0v) is 9.90. The van der Waals surface area contributed by atoms with Crippen LogP contribution in [0.2, 0.25) is 0 Å². The quantitative estimate of drug-likeness (QED) is 0.912. The second kappa shape index (κ2) is 4.77. The van der Waals surface area contributed by atoms with Crippen LogP contribution in [0.5, 0.6) is 0 Å². The van der Waals surface area contributed by atoms with Crippen LogP contribution in [0.1, 0.15) is 5.56 Å². The van der Waals surface area contributed by atoms with Gasteiger partial charge in [-0.05, 0) is 24.3 Å². The predicted molar refractivity (Wildman–Crippen MR) is 66.4 cm³/mol. The summed E-state index contributed by atoms with van der Waals surface area (Å²) in [4.78, 5) is 3.99. The van der Waals surface area contributed by atoms with Crippen molar-refractivity contribution in [3.8, 4) is 6.07 Å². The van der Waals surface area contributed by atoms with Gasteiger partial charge >= 0.3 is 0 Å². The molecule has 0 aliphatic rings. The lowest BCUT2D eigenvalue weighted by atomic mass is 10.2. The first-order valence-corrected chi connectivity index (χ1v) is 5.45. The van der Waals surface area contributed by atoms with E-state index in [1.54, 1.807) is 18.5 Å². The molecule has 0 radical (unpaired) electrons. The number of rotatable bonds is 2. The minimum Gasteiger partial charge on any atom is -0.353 e. The van der Waals surface area contributed by atoms with E-state index in [-0.39, 0.29) is 0 Å². The maximum absolute atomic E-state index is 8.92. The number of nitriles is 1. The van der Waals surface area contributed by atoms with Crippen LogP contribution in [0.25, 0.3) is 0 Å². The molecule has 1 heterocycles. The van der Waals surface area contributed by atoms with E-state index in [1.807, 2.05) is 24.3 Å². The molecule has 3 nitrogen and oxygen atoms in total. The minimum absolute atomic E-state index is 0.579. The summed E-state index contributed by atoms with van der Waals surface area (Å²) in [6.07, 6.45) is 3.24. The average Bonchev–Trinajstić information content (AvgIpc) is 2.30. The zero-order chi connectivity index (χ0) is 11.4. The fourth-order valence-corrected chi connectivity index (χ4v) is 1.71. The topological polar surface area (TPSA) is 48.7 Å². The molecule has 2 rings (SSSR count). The van der Waals surface area contributed by atoms with Gasteiger partial charge < -0.3 is 5.32 Å². The summed E-state index contributed by atoms with van der Waals surface area (Å²) in [7, 11) is 0. The highest BCUT2D eigenvalue weighted by Gasteiger charge is 2.01. The Hall–Kier alpha value is -1.86. The number of benzene rings is 1. The van der Waals surface area contributed by atoms with Crippen molar-refractivity contribution in [3.05, 3.63) is 52.8 Å². The molecule has 0 bridgehead atoms. The SMILES string of the molecule is N#Cc1ccncc1Nc1cccc(Br)c1. The van der Waals surface area contributed by atoms with Crippen LogP contribution in [0.3, 0.4) is 0 Å². The van der Waals surface area contributed by atoms with Crippen LogP contribution in [0.15, 0.2) is 47.2 Å². The highest BCUT2D eigenvalue weighted by atomic mass is 79.9. The first-order chi connectivity index (χ1) is 7.79. The maximum Gasteiger partial charge on any atom is 0.101 e. The number of nitrogens with zero attached hydrogens (tertiary/aromatic N) is 2. The summed E-state index contributed by atoms with van der Waals surface area (Å²) >= 11 is 3.39. The molecule has 0 saturated heterocycles. The molecule has 0 unspecified atom stereocenters. The molecule has 78 valence electrons. The van der Waals surface area contributed by atoms with E-state index >= 15 is 0 Å². The van der Waals surface area contributed by atoms with Gasteiger partial charge in [0, 0.05) is 16.4 Å². The zero-order valence-electron chi connectivity index (χ0n) is 8.31. The van der Waals surface area contributed by atoms with Gasteiger partial charge in [0.1, 0.15) is 6.07 Å². The Morgan fingerprint density at radius 1 is 1.31 bits per heavy atom. The Bertz CT molecular complexity index is 546.